The Morgan fingerprint density at radius 3 is 2.53 bits per heavy atom. The van der Waals surface area contributed by atoms with Crippen molar-refractivity contribution < 1.29 is 14.4 Å². The van der Waals surface area contributed by atoms with E-state index in [9.17, 15) is 14.4 Å². The maximum Gasteiger partial charge on any atom is 0.235 e. The Morgan fingerprint density at radius 2 is 1.85 bits per heavy atom. The number of imide groups is 1. The summed E-state index contributed by atoms with van der Waals surface area (Å²) in [5, 5.41) is 11.5. The van der Waals surface area contributed by atoms with Crippen molar-refractivity contribution in [2.24, 2.45) is 7.05 Å². The third-order valence-corrected chi connectivity index (χ3v) is 6.50. The van der Waals surface area contributed by atoms with Gasteiger partial charge in [-0.25, -0.2) is 0 Å². The molecule has 3 amide bonds. The highest BCUT2D eigenvalue weighted by molar-refractivity contribution is 6.03. The molecule has 1 aliphatic rings. The van der Waals surface area contributed by atoms with Crippen molar-refractivity contribution in [3.8, 4) is 0 Å². The summed E-state index contributed by atoms with van der Waals surface area (Å²) in [6, 6.07) is 6.47. The van der Waals surface area contributed by atoms with Crippen LogP contribution in [0.4, 0.5) is 5.69 Å². The first-order valence-electron chi connectivity index (χ1n) is 12.5. The Hall–Kier alpha value is -2.90. The lowest BCUT2D eigenvalue weighted by atomic mass is 9.92. The van der Waals surface area contributed by atoms with E-state index in [2.05, 4.69) is 43.4 Å². The fourth-order valence-electron chi connectivity index (χ4n) is 5.00. The molecule has 3 rings (SSSR count). The average Bonchev–Trinajstić information content (AvgIpc) is 3.09. The number of unbranched alkanes of at least 4 members (excludes halogenated alkanes) is 3. The number of benzene rings is 1. The summed E-state index contributed by atoms with van der Waals surface area (Å²) in [5.41, 5.74) is 2.69. The molecule has 1 saturated heterocycles. The molecule has 1 unspecified atom stereocenters. The SMILES string of the molecule is CC(C)N(C(=O)CCCCCCNc1cccc2c(C3CCC(=O)NC3=O)nn(C)c12)C(C)C. The number of para-hydroxylation sites is 1. The maximum atomic E-state index is 12.5. The number of carbonyl (C=O) groups is 3. The van der Waals surface area contributed by atoms with Crippen molar-refractivity contribution in [2.75, 3.05) is 11.9 Å². The lowest BCUT2D eigenvalue weighted by molar-refractivity contribution is -0.135. The van der Waals surface area contributed by atoms with Crippen molar-refractivity contribution in [3.05, 3.63) is 23.9 Å². The molecule has 1 fully saturated rings. The number of carbonyl (C=O) groups excluding carboxylic acids is 3. The van der Waals surface area contributed by atoms with Crippen LogP contribution in [-0.2, 0) is 21.4 Å². The third-order valence-electron chi connectivity index (χ3n) is 6.50. The standard InChI is InChI=1S/C26H39N5O3/c1-17(2)31(18(3)4)23(33)13-8-6-7-9-16-27-21-12-10-11-19-24(29-30(5)25(19)21)20-14-15-22(32)28-26(20)34/h10-12,17-18,20,27H,6-9,13-16H2,1-5H3,(H,28,32,34). The Bertz CT molecular complexity index is 1020. The van der Waals surface area contributed by atoms with E-state index in [4.69, 9.17) is 0 Å². The van der Waals surface area contributed by atoms with E-state index in [1.807, 2.05) is 34.8 Å². The second-order valence-electron chi connectivity index (χ2n) is 9.79. The first kappa shape index (κ1) is 25.7. The summed E-state index contributed by atoms with van der Waals surface area (Å²) in [5.74, 6) is -0.636. The number of nitrogens with zero attached hydrogens (tertiary/aromatic N) is 3. The quantitative estimate of drug-likeness (QED) is 0.381. The number of rotatable bonds is 11. The van der Waals surface area contributed by atoms with Gasteiger partial charge < -0.3 is 10.2 Å². The number of amides is 3. The van der Waals surface area contributed by atoms with E-state index in [1.165, 1.54) is 0 Å². The van der Waals surface area contributed by atoms with E-state index in [0.717, 1.165) is 54.5 Å². The molecule has 2 aromatic rings. The van der Waals surface area contributed by atoms with Crippen molar-refractivity contribution in [3.63, 3.8) is 0 Å². The lowest BCUT2D eigenvalue weighted by Gasteiger charge is -2.30. The largest absolute Gasteiger partial charge is 0.383 e. The van der Waals surface area contributed by atoms with Gasteiger partial charge in [-0.05, 0) is 53.0 Å². The molecule has 1 aromatic heterocycles. The number of piperidine rings is 1. The lowest BCUT2D eigenvalue weighted by Crippen LogP contribution is -2.41. The van der Waals surface area contributed by atoms with Crippen LogP contribution in [0.5, 0.6) is 0 Å². The zero-order chi connectivity index (χ0) is 24.8. The van der Waals surface area contributed by atoms with Crippen LogP contribution in [0, 0.1) is 0 Å². The first-order valence-corrected chi connectivity index (χ1v) is 12.5. The Balaban J connectivity index is 1.51. The zero-order valence-corrected chi connectivity index (χ0v) is 21.2. The first-order chi connectivity index (χ1) is 16.2. The van der Waals surface area contributed by atoms with Gasteiger partial charge in [0.25, 0.3) is 0 Å². The van der Waals surface area contributed by atoms with Gasteiger partial charge in [-0.3, -0.25) is 24.4 Å². The Labute approximate surface area is 202 Å². The zero-order valence-electron chi connectivity index (χ0n) is 21.2. The van der Waals surface area contributed by atoms with E-state index >= 15 is 0 Å². The van der Waals surface area contributed by atoms with Gasteiger partial charge in [0.15, 0.2) is 0 Å². The number of aromatic nitrogens is 2. The monoisotopic (exact) mass is 469 g/mol. The van der Waals surface area contributed by atoms with Crippen LogP contribution < -0.4 is 10.6 Å². The summed E-state index contributed by atoms with van der Waals surface area (Å²) in [7, 11) is 1.89. The average molecular weight is 470 g/mol. The minimum absolute atomic E-state index is 0.217. The summed E-state index contributed by atoms with van der Waals surface area (Å²) in [6.07, 6.45) is 5.47. The summed E-state index contributed by atoms with van der Waals surface area (Å²) in [6.45, 7) is 9.11. The van der Waals surface area contributed by atoms with Crippen molar-refractivity contribution in [2.45, 2.75) is 90.6 Å². The van der Waals surface area contributed by atoms with Gasteiger partial charge in [0.05, 0.1) is 22.8 Å². The fourth-order valence-corrected chi connectivity index (χ4v) is 5.00. The molecule has 1 atom stereocenters. The van der Waals surface area contributed by atoms with E-state index in [1.54, 1.807) is 0 Å². The Kier molecular flexibility index (Phi) is 8.69. The van der Waals surface area contributed by atoms with E-state index < -0.39 is 5.92 Å². The molecule has 1 aliphatic heterocycles. The molecule has 2 heterocycles. The fraction of sp³-hybridized carbons (Fsp3) is 0.615. The maximum absolute atomic E-state index is 12.5. The van der Waals surface area contributed by atoms with Gasteiger partial charge in [-0.15, -0.1) is 0 Å². The van der Waals surface area contributed by atoms with Crippen molar-refractivity contribution >= 4 is 34.3 Å². The highest BCUT2D eigenvalue weighted by Gasteiger charge is 2.31. The number of hydrogen-bond donors (Lipinski definition) is 2. The molecule has 2 N–H and O–H groups in total. The van der Waals surface area contributed by atoms with E-state index in [0.29, 0.717) is 19.3 Å². The number of nitrogens with one attached hydrogen (secondary N) is 2. The van der Waals surface area contributed by atoms with Crippen LogP contribution in [0.2, 0.25) is 0 Å². The van der Waals surface area contributed by atoms with Crippen molar-refractivity contribution in [1.82, 2.24) is 20.0 Å². The van der Waals surface area contributed by atoms with Gasteiger partial charge in [0.1, 0.15) is 0 Å². The van der Waals surface area contributed by atoms with Crippen molar-refractivity contribution in [1.29, 1.82) is 0 Å². The van der Waals surface area contributed by atoms with Gasteiger partial charge >= 0.3 is 0 Å². The molecule has 1 aromatic carbocycles. The summed E-state index contributed by atoms with van der Waals surface area (Å²) >= 11 is 0. The molecule has 8 heteroatoms. The highest BCUT2D eigenvalue weighted by atomic mass is 16.2. The summed E-state index contributed by atoms with van der Waals surface area (Å²) in [4.78, 5) is 38.3. The second-order valence-corrected chi connectivity index (χ2v) is 9.79. The molecular weight excluding hydrogens is 430 g/mol. The van der Waals surface area contributed by atoms with Crippen LogP contribution in [0.3, 0.4) is 0 Å². The minimum atomic E-state index is -0.401. The van der Waals surface area contributed by atoms with Gasteiger partial charge in [0.2, 0.25) is 17.7 Å². The molecule has 0 saturated carbocycles. The number of hydrogen-bond acceptors (Lipinski definition) is 5. The number of fused-ring (bicyclic) bond motifs is 1. The smallest absolute Gasteiger partial charge is 0.235 e. The van der Waals surface area contributed by atoms with Crippen LogP contribution in [0.25, 0.3) is 10.9 Å². The molecule has 34 heavy (non-hydrogen) atoms. The molecular formula is C26H39N5O3. The predicted molar refractivity (Wildman–Crippen MR) is 135 cm³/mol. The van der Waals surface area contributed by atoms with Crippen LogP contribution in [0.15, 0.2) is 18.2 Å². The molecule has 0 aliphatic carbocycles. The number of aryl methyl sites for hydroxylation is 1. The predicted octanol–water partition coefficient (Wildman–Crippen LogP) is 4.10. The summed E-state index contributed by atoms with van der Waals surface area (Å²) < 4.78 is 1.82. The third kappa shape index (κ3) is 5.96. The minimum Gasteiger partial charge on any atom is -0.383 e. The van der Waals surface area contributed by atoms with E-state index in [-0.39, 0.29) is 29.8 Å². The number of anilines is 1. The molecule has 8 nitrogen and oxygen atoms in total. The molecule has 186 valence electrons. The molecule has 0 spiro atoms. The molecule has 0 bridgehead atoms. The van der Waals surface area contributed by atoms with Gasteiger partial charge in [0, 0.05) is 43.9 Å². The van der Waals surface area contributed by atoms with Gasteiger partial charge in [-0.1, -0.05) is 25.0 Å². The molecule has 0 radical (unpaired) electrons. The van der Waals surface area contributed by atoms with Gasteiger partial charge in [-0.2, -0.15) is 5.10 Å². The Morgan fingerprint density at radius 1 is 1.15 bits per heavy atom. The second kappa shape index (κ2) is 11.5. The van der Waals surface area contributed by atoms with Crippen LogP contribution >= 0.6 is 0 Å². The van der Waals surface area contributed by atoms with Crippen LogP contribution in [0.1, 0.15) is 84.3 Å². The topological polar surface area (TPSA) is 96.3 Å². The normalized spacial score (nSPS) is 16.4. The highest BCUT2D eigenvalue weighted by Crippen LogP contribution is 2.33. The van der Waals surface area contributed by atoms with Crippen LogP contribution in [-0.4, -0.2) is 51.0 Å².